The van der Waals surface area contributed by atoms with E-state index < -0.39 is 0 Å². The van der Waals surface area contributed by atoms with Crippen molar-refractivity contribution in [3.8, 4) is 0 Å². The summed E-state index contributed by atoms with van der Waals surface area (Å²) in [6.45, 7) is 0. The number of fused-ring (bicyclic) bond motifs is 1. The van der Waals surface area contributed by atoms with Crippen molar-refractivity contribution in [2.24, 2.45) is 0 Å². The molecule has 2 aromatic heterocycles. The van der Waals surface area contributed by atoms with Crippen LogP contribution in [0.25, 0.3) is 10.2 Å². The molecule has 0 aliphatic carbocycles. The van der Waals surface area contributed by atoms with Gasteiger partial charge >= 0.3 is 0 Å². The number of thiazole rings is 1. The van der Waals surface area contributed by atoms with Crippen molar-refractivity contribution in [2.45, 2.75) is 0 Å². The second-order valence-corrected chi connectivity index (χ2v) is 5.29. The fourth-order valence-electron chi connectivity index (χ4n) is 1.62. The van der Waals surface area contributed by atoms with Crippen molar-refractivity contribution >= 4 is 44.2 Å². The summed E-state index contributed by atoms with van der Waals surface area (Å²) in [6, 6.07) is 8.74. The summed E-state index contributed by atoms with van der Waals surface area (Å²) in [7, 11) is 0. The molecule has 1 N–H and O–H groups in total. The molecule has 0 saturated carbocycles. The number of nitrogens with zero attached hydrogens (tertiary/aromatic N) is 2. The normalized spacial score (nSPS) is 10.6. The number of hydrogen-bond donors (Lipinski definition) is 1. The van der Waals surface area contributed by atoms with Crippen LogP contribution in [-0.2, 0) is 0 Å². The highest BCUT2D eigenvalue weighted by Gasteiger charge is 2.09. The third-order valence-electron chi connectivity index (χ3n) is 2.51. The van der Waals surface area contributed by atoms with E-state index in [2.05, 4.69) is 15.3 Å². The maximum Gasteiger partial charge on any atom is 0.257 e. The highest BCUT2D eigenvalue weighted by atomic mass is 35.5. The summed E-state index contributed by atoms with van der Waals surface area (Å²) in [5.74, 6) is -0.201. The van der Waals surface area contributed by atoms with Gasteiger partial charge in [0, 0.05) is 23.0 Å². The van der Waals surface area contributed by atoms with Crippen molar-refractivity contribution in [3.63, 3.8) is 0 Å². The summed E-state index contributed by atoms with van der Waals surface area (Å²) in [5, 5.41) is 3.98. The Kier molecular flexibility index (Phi) is 3.15. The van der Waals surface area contributed by atoms with Gasteiger partial charge in [0.2, 0.25) is 0 Å². The molecule has 4 nitrogen and oxygen atoms in total. The van der Waals surface area contributed by atoms with Crippen LogP contribution in [0, 0.1) is 0 Å². The van der Waals surface area contributed by atoms with Crippen LogP contribution in [0.1, 0.15) is 10.4 Å². The molecule has 2 heterocycles. The zero-order valence-electron chi connectivity index (χ0n) is 9.63. The maximum atomic E-state index is 12.0. The topological polar surface area (TPSA) is 54.9 Å². The second kappa shape index (κ2) is 4.95. The van der Waals surface area contributed by atoms with Gasteiger partial charge in [-0.2, -0.15) is 0 Å². The quantitative estimate of drug-likeness (QED) is 0.784. The summed E-state index contributed by atoms with van der Waals surface area (Å²) >= 11 is 7.31. The van der Waals surface area contributed by atoms with E-state index in [0.717, 1.165) is 10.2 Å². The number of anilines is 1. The molecule has 0 bridgehead atoms. The number of amides is 1. The lowest BCUT2D eigenvalue weighted by molar-refractivity contribution is 0.102. The van der Waals surface area contributed by atoms with Gasteiger partial charge in [-0.05, 0) is 30.3 Å². The monoisotopic (exact) mass is 289 g/mol. The smallest absolute Gasteiger partial charge is 0.257 e. The van der Waals surface area contributed by atoms with E-state index in [-0.39, 0.29) is 5.91 Å². The fourth-order valence-corrected chi connectivity index (χ4v) is 2.76. The molecule has 1 aromatic carbocycles. The Hall–Kier alpha value is -1.98. The number of nitrogens with one attached hydrogen (secondary N) is 1. The Balaban J connectivity index is 1.87. The first-order valence-electron chi connectivity index (χ1n) is 5.50. The van der Waals surface area contributed by atoms with E-state index in [9.17, 15) is 4.79 Å². The number of benzene rings is 1. The minimum absolute atomic E-state index is 0.201. The van der Waals surface area contributed by atoms with Gasteiger partial charge in [0.15, 0.2) is 5.13 Å². The van der Waals surface area contributed by atoms with Crippen LogP contribution in [0.2, 0.25) is 5.02 Å². The van der Waals surface area contributed by atoms with Crippen molar-refractivity contribution in [1.82, 2.24) is 9.97 Å². The third-order valence-corrected chi connectivity index (χ3v) is 3.68. The SMILES string of the molecule is O=C(Nc1nc2ccc(Cl)cc2s1)c1ccncc1. The number of pyridine rings is 1. The molecular weight excluding hydrogens is 282 g/mol. The van der Waals surface area contributed by atoms with Crippen molar-refractivity contribution in [2.75, 3.05) is 5.32 Å². The Morgan fingerprint density at radius 2 is 2.00 bits per heavy atom. The molecule has 94 valence electrons. The minimum Gasteiger partial charge on any atom is -0.298 e. The highest BCUT2D eigenvalue weighted by molar-refractivity contribution is 7.22. The molecule has 6 heteroatoms. The summed E-state index contributed by atoms with van der Waals surface area (Å²) in [5.41, 5.74) is 1.37. The van der Waals surface area contributed by atoms with Crippen LogP contribution >= 0.6 is 22.9 Å². The van der Waals surface area contributed by atoms with Crippen LogP contribution in [0.5, 0.6) is 0 Å². The molecule has 0 fully saturated rings. The average Bonchev–Trinajstić information content (AvgIpc) is 2.81. The fraction of sp³-hybridized carbons (Fsp3) is 0. The van der Waals surface area contributed by atoms with Crippen molar-refractivity contribution in [3.05, 3.63) is 53.3 Å². The first-order chi connectivity index (χ1) is 9.22. The molecule has 3 rings (SSSR count). The molecule has 0 spiro atoms. The lowest BCUT2D eigenvalue weighted by Crippen LogP contribution is -2.11. The predicted molar refractivity (Wildman–Crippen MR) is 76.8 cm³/mol. The Morgan fingerprint density at radius 3 is 2.79 bits per heavy atom. The van der Waals surface area contributed by atoms with Crippen LogP contribution in [0.15, 0.2) is 42.7 Å². The summed E-state index contributed by atoms with van der Waals surface area (Å²) in [4.78, 5) is 20.2. The Bertz CT molecular complexity index is 742. The number of carbonyl (C=O) groups is 1. The summed E-state index contributed by atoms with van der Waals surface area (Å²) < 4.78 is 0.942. The van der Waals surface area contributed by atoms with Gasteiger partial charge < -0.3 is 0 Å². The van der Waals surface area contributed by atoms with Crippen LogP contribution in [-0.4, -0.2) is 15.9 Å². The van der Waals surface area contributed by atoms with Crippen molar-refractivity contribution in [1.29, 1.82) is 0 Å². The van der Waals surface area contributed by atoms with E-state index in [4.69, 9.17) is 11.6 Å². The van der Waals surface area contributed by atoms with Gasteiger partial charge in [-0.25, -0.2) is 4.98 Å². The molecule has 0 aliphatic rings. The molecule has 19 heavy (non-hydrogen) atoms. The molecule has 3 aromatic rings. The first-order valence-corrected chi connectivity index (χ1v) is 6.69. The zero-order chi connectivity index (χ0) is 13.2. The first kappa shape index (κ1) is 12.1. The standard InChI is InChI=1S/C13H8ClN3OS/c14-9-1-2-10-11(7-9)19-13(16-10)17-12(18)8-3-5-15-6-4-8/h1-7H,(H,16,17,18). The van der Waals surface area contributed by atoms with Crippen LogP contribution < -0.4 is 5.32 Å². The second-order valence-electron chi connectivity index (χ2n) is 3.82. The number of hydrogen-bond acceptors (Lipinski definition) is 4. The highest BCUT2D eigenvalue weighted by Crippen LogP contribution is 2.28. The largest absolute Gasteiger partial charge is 0.298 e. The van der Waals surface area contributed by atoms with Gasteiger partial charge in [0.25, 0.3) is 5.91 Å². The molecule has 0 radical (unpaired) electrons. The van der Waals surface area contributed by atoms with E-state index in [1.54, 1.807) is 30.6 Å². The number of halogens is 1. The van der Waals surface area contributed by atoms with Crippen LogP contribution in [0.3, 0.4) is 0 Å². The molecule has 0 atom stereocenters. The van der Waals surface area contributed by atoms with Gasteiger partial charge in [-0.15, -0.1) is 0 Å². The van der Waals surface area contributed by atoms with Crippen LogP contribution in [0.4, 0.5) is 5.13 Å². The van der Waals surface area contributed by atoms with Gasteiger partial charge in [-0.1, -0.05) is 22.9 Å². The van der Waals surface area contributed by atoms with Gasteiger partial charge in [0.1, 0.15) is 0 Å². The lowest BCUT2D eigenvalue weighted by Gasteiger charge is -1.99. The van der Waals surface area contributed by atoms with E-state index in [1.165, 1.54) is 11.3 Å². The Morgan fingerprint density at radius 1 is 1.21 bits per heavy atom. The van der Waals surface area contributed by atoms with E-state index >= 15 is 0 Å². The van der Waals surface area contributed by atoms with Crippen molar-refractivity contribution < 1.29 is 4.79 Å². The third kappa shape index (κ3) is 2.57. The lowest BCUT2D eigenvalue weighted by atomic mass is 10.2. The van der Waals surface area contributed by atoms with Gasteiger partial charge in [-0.3, -0.25) is 15.1 Å². The maximum absolute atomic E-state index is 12.0. The Labute approximate surface area is 118 Å². The van der Waals surface area contributed by atoms with Gasteiger partial charge in [0.05, 0.1) is 10.2 Å². The van der Waals surface area contributed by atoms with E-state index in [0.29, 0.717) is 15.7 Å². The number of carbonyl (C=O) groups excluding carboxylic acids is 1. The van der Waals surface area contributed by atoms with E-state index in [1.807, 2.05) is 12.1 Å². The number of aromatic nitrogens is 2. The average molecular weight is 290 g/mol. The predicted octanol–water partition coefficient (Wildman–Crippen LogP) is 3.60. The number of rotatable bonds is 2. The minimum atomic E-state index is -0.201. The zero-order valence-corrected chi connectivity index (χ0v) is 11.2. The summed E-state index contributed by atoms with van der Waals surface area (Å²) in [6.07, 6.45) is 3.15. The molecule has 0 saturated heterocycles. The molecule has 0 aliphatic heterocycles. The molecule has 0 unspecified atom stereocenters. The molecule has 1 amide bonds. The molecular formula is C13H8ClN3OS.